The van der Waals surface area contributed by atoms with Crippen LogP contribution in [0, 0.1) is 0 Å². The molecule has 0 aliphatic carbocycles. The molecule has 8 heteroatoms. The summed E-state index contributed by atoms with van der Waals surface area (Å²) >= 11 is 4.24. The topological polar surface area (TPSA) is 44.8 Å². The maximum Gasteiger partial charge on any atom is 0.196 e. The van der Waals surface area contributed by atoms with Crippen LogP contribution < -0.4 is 0 Å². The molecular formula is C6H18I2O4P2. The molecule has 0 aromatic heterocycles. The zero-order valence-electron chi connectivity index (χ0n) is 9.28. The van der Waals surface area contributed by atoms with Gasteiger partial charge in [0, 0.05) is 78.6 Å². The lowest BCUT2D eigenvalue weighted by Gasteiger charge is -2.01. The molecule has 0 saturated heterocycles. The molecule has 0 radical (unpaired) electrons. The first-order valence-electron chi connectivity index (χ1n) is 3.44. The lowest BCUT2D eigenvalue weighted by molar-refractivity contribution is 0.346. The Hall–Kier alpha value is 2.00. The van der Waals surface area contributed by atoms with Gasteiger partial charge in [0.15, 0.2) is 15.7 Å². The van der Waals surface area contributed by atoms with Gasteiger partial charge in [-0.25, -0.2) is 0 Å². The normalized spacial score (nSPS) is 9.79. The molecular weight excluding hydrogens is 452 g/mol. The van der Waals surface area contributed by atoms with E-state index >= 15 is 0 Å². The lowest BCUT2D eigenvalue weighted by Crippen LogP contribution is -1.74. The molecule has 14 heavy (non-hydrogen) atoms. The van der Waals surface area contributed by atoms with Gasteiger partial charge in [-0.3, -0.25) is 4.57 Å². The fourth-order valence-corrected chi connectivity index (χ4v) is 0.224. The first kappa shape index (κ1) is 21.3. The molecule has 0 aliphatic rings. The van der Waals surface area contributed by atoms with Crippen molar-refractivity contribution in [2.75, 3.05) is 41.3 Å². The van der Waals surface area contributed by atoms with Gasteiger partial charge in [-0.2, -0.15) is 0 Å². The molecule has 90 valence electrons. The van der Waals surface area contributed by atoms with E-state index in [0.29, 0.717) is 0 Å². The number of hydrogen-bond donors (Lipinski definition) is 0. The third kappa shape index (κ3) is 29.2. The van der Waals surface area contributed by atoms with Crippen LogP contribution in [0.2, 0.25) is 0 Å². The van der Waals surface area contributed by atoms with E-state index in [1.807, 2.05) is 6.66 Å². The summed E-state index contributed by atoms with van der Waals surface area (Å²) in [6.45, 7) is 5.05. The minimum Gasteiger partial charge on any atom is -0.338 e. The first-order chi connectivity index (χ1) is 6.37. The molecule has 4 nitrogen and oxygen atoms in total. The standard InChI is InChI=1S/2C3H9O2P.I2/c1-5-6(2,3)4;1-4-6(3)5-2;1-2/h2*1-3H3;. The molecule has 0 fully saturated rings. The van der Waals surface area contributed by atoms with E-state index in [9.17, 15) is 4.57 Å². The van der Waals surface area contributed by atoms with Crippen LogP contribution in [-0.2, 0) is 18.1 Å². The van der Waals surface area contributed by atoms with E-state index in [0.717, 1.165) is 0 Å². The maximum atomic E-state index is 10.4. The van der Waals surface area contributed by atoms with Crippen molar-refractivity contribution < 1.29 is 18.1 Å². The van der Waals surface area contributed by atoms with Crippen LogP contribution in [0.25, 0.3) is 0 Å². The van der Waals surface area contributed by atoms with Gasteiger partial charge in [0.25, 0.3) is 0 Å². The van der Waals surface area contributed by atoms with Crippen molar-refractivity contribution in [2.45, 2.75) is 0 Å². The van der Waals surface area contributed by atoms with Gasteiger partial charge in [-0.1, -0.05) is 0 Å². The average molecular weight is 470 g/mol. The van der Waals surface area contributed by atoms with Crippen molar-refractivity contribution in [1.29, 1.82) is 0 Å². The van der Waals surface area contributed by atoms with Gasteiger partial charge in [0.1, 0.15) is 0 Å². The van der Waals surface area contributed by atoms with Crippen LogP contribution in [0.1, 0.15) is 0 Å². The Balaban J connectivity index is -0.000000147. The molecule has 0 bridgehead atoms. The zero-order chi connectivity index (χ0) is 12.2. The molecule has 0 amide bonds. The Labute approximate surface area is 112 Å². The number of hydrogen-bond acceptors (Lipinski definition) is 4. The van der Waals surface area contributed by atoms with E-state index in [4.69, 9.17) is 9.05 Å². The third-order valence-corrected chi connectivity index (χ3v) is 2.86. The zero-order valence-corrected chi connectivity index (χ0v) is 15.4. The number of halogens is 2. The summed E-state index contributed by atoms with van der Waals surface area (Å²) in [5.41, 5.74) is 0. The van der Waals surface area contributed by atoms with E-state index in [1.165, 1.54) is 7.11 Å². The largest absolute Gasteiger partial charge is 0.338 e. The lowest BCUT2D eigenvalue weighted by atomic mass is 11.8. The Morgan fingerprint density at radius 2 is 1.29 bits per heavy atom. The quantitative estimate of drug-likeness (QED) is 0.460. The van der Waals surface area contributed by atoms with Crippen LogP contribution in [0.3, 0.4) is 0 Å². The van der Waals surface area contributed by atoms with E-state index in [1.54, 1.807) is 27.5 Å². The highest BCUT2D eigenvalue weighted by Gasteiger charge is 1.99. The summed E-state index contributed by atoms with van der Waals surface area (Å²) in [6.07, 6.45) is 0. The van der Waals surface area contributed by atoms with Crippen LogP contribution in [-0.4, -0.2) is 41.3 Å². The van der Waals surface area contributed by atoms with E-state index in [-0.39, 0.29) is 0 Å². The van der Waals surface area contributed by atoms with Gasteiger partial charge >= 0.3 is 0 Å². The fourth-order valence-electron chi connectivity index (χ4n) is 0.0745. The second-order valence-corrected chi connectivity index (χ2v) is 6.72. The van der Waals surface area contributed by atoms with E-state index in [2.05, 4.69) is 41.8 Å². The molecule has 0 spiro atoms. The van der Waals surface area contributed by atoms with Crippen molar-refractivity contribution in [3.05, 3.63) is 0 Å². The van der Waals surface area contributed by atoms with Gasteiger partial charge in [-0.15, -0.1) is 0 Å². The number of rotatable bonds is 3. The second kappa shape index (κ2) is 15.0. The van der Waals surface area contributed by atoms with Crippen molar-refractivity contribution in [3.63, 3.8) is 0 Å². The summed E-state index contributed by atoms with van der Waals surface area (Å²) in [5, 5.41) is 0. The second-order valence-electron chi connectivity index (χ2n) is 2.24. The van der Waals surface area contributed by atoms with Crippen molar-refractivity contribution in [1.82, 2.24) is 0 Å². The SMILES string of the molecule is COP(C)(C)=O.COP(C)OC.II. The van der Waals surface area contributed by atoms with Crippen LogP contribution in [0.5, 0.6) is 0 Å². The van der Waals surface area contributed by atoms with Gasteiger partial charge in [0.2, 0.25) is 0 Å². The maximum absolute atomic E-state index is 10.4. The van der Waals surface area contributed by atoms with Crippen LogP contribution >= 0.6 is 53.0 Å². The van der Waals surface area contributed by atoms with Crippen LogP contribution in [0.4, 0.5) is 0 Å². The average Bonchev–Trinajstić information content (AvgIpc) is 2.19. The van der Waals surface area contributed by atoms with Crippen molar-refractivity contribution in [3.8, 4) is 0 Å². The molecule has 0 saturated carbocycles. The summed E-state index contributed by atoms with van der Waals surface area (Å²) in [5.74, 6) is 0. The van der Waals surface area contributed by atoms with E-state index < -0.39 is 15.7 Å². The molecule has 0 aromatic carbocycles. The smallest absolute Gasteiger partial charge is 0.196 e. The fraction of sp³-hybridized carbons (Fsp3) is 1.00. The Morgan fingerprint density at radius 1 is 1.07 bits per heavy atom. The molecule has 0 unspecified atom stereocenters. The highest BCUT2D eigenvalue weighted by atomic mass is 128. The summed E-state index contributed by atoms with van der Waals surface area (Å²) < 4.78 is 24.3. The molecule has 0 heterocycles. The van der Waals surface area contributed by atoms with Crippen molar-refractivity contribution >= 4 is 53.0 Å². The third-order valence-electron chi connectivity index (χ3n) is 0.954. The molecule has 0 aromatic rings. The predicted molar refractivity (Wildman–Crippen MR) is 81.4 cm³/mol. The molecule has 0 rings (SSSR count). The van der Waals surface area contributed by atoms with Gasteiger partial charge < -0.3 is 13.6 Å². The summed E-state index contributed by atoms with van der Waals surface area (Å²) in [6, 6.07) is 0. The minimum atomic E-state index is -2.15. The minimum absolute atomic E-state index is 0.576. The predicted octanol–water partition coefficient (Wildman–Crippen LogP) is 4.16. The molecule has 0 N–H and O–H groups in total. The van der Waals surface area contributed by atoms with Gasteiger partial charge in [-0.05, 0) is 0 Å². The summed E-state index contributed by atoms with van der Waals surface area (Å²) in [7, 11) is 1.99. The van der Waals surface area contributed by atoms with Gasteiger partial charge in [0.05, 0.1) is 0 Å². The Morgan fingerprint density at radius 3 is 1.29 bits per heavy atom. The molecule has 0 atom stereocenters. The monoisotopic (exact) mass is 470 g/mol. The Kier molecular flexibility index (Phi) is 22.8. The van der Waals surface area contributed by atoms with Crippen LogP contribution in [0.15, 0.2) is 0 Å². The summed E-state index contributed by atoms with van der Waals surface area (Å²) in [4.78, 5) is 0. The first-order valence-corrected chi connectivity index (χ1v) is 13.9. The van der Waals surface area contributed by atoms with Crippen molar-refractivity contribution in [2.24, 2.45) is 0 Å². The highest BCUT2D eigenvalue weighted by molar-refractivity contribution is 15.0. The Bertz CT molecular complexity index is 138. The highest BCUT2D eigenvalue weighted by Crippen LogP contribution is 2.35. The molecule has 0 aliphatic heterocycles.